The number of piperidine rings is 1. The van der Waals surface area contributed by atoms with Crippen LogP contribution in [0.1, 0.15) is 58.4 Å². The first-order chi connectivity index (χ1) is 15.5. The standard InChI is InChI=1S/C24H24N4O4/c29-21(26-17-11-15-2-1-3-19(15)25-12-17)8-5-14-4-6-16-13-28(24(32)18(16)10-14)20-7-9-22(30)27-23(20)31/h4,6,10-12,20H,1-3,5,7-9,13H2,(H,26,29)(H,27,30,31). The summed E-state index contributed by atoms with van der Waals surface area (Å²) in [5.41, 5.74) is 5.37. The number of nitrogens with one attached hydrogen (secondary N) is 2. The first-order valence-electron chi connectivity index (χ1n) is 11.0. The van der Waals surface area contributed by atoms with Gasteiger partial charge in [0.15, 0.2) is 0 Å². The fraction of sp³-hybridized carbons (Fsp3) is 0.375. The van der Waals surface area contributed by atoms with Gasteiger partial charge in [-0.1, -0.05) is 12.1 Å². The van der Waals surface area contributed by atoms with Crippen LogP contribution in [0.4, 0.5) is 5.69 Å². The summed E-state index contributed by atoms with van der Waals surface area (Å²) in [6, 6.07) is 7.00. The van der Waals surface area contributed by atoms with Crippen LogP contribution in [0.2, 0.25) is 0 Å². The molecule has 5 rings (SSSR count). The Labute approximate surface area is 185 Å². The van der Waals surface area contributed by atoms with E-state index in [0.29, 0.717) is 31.4 Å². The molecule has 1 aliphatic carbocycles. The summed E-state index contributed by atoms with van der Waals surface area (Å²) in [5.74, 6) is -1.02. The number of imide groups is 1. The van der Waals surface area contributed by atoms with E-state index in [0.717, 1.165) is 41.8 Å². The molecule has 8 heteroatoms. The second-order valence-electron chi connectivity index (χ2n) is 8.62. The average molecular weight is 432 g/mol. The van der Waals surface area contributed by atoms with E-state index >= 15 is 0 Å². The lowest BCUT2D eigenvalue weighted by molar-refractivity contribution is -0.137. The Bertz CT molecular complexity index is 1140. The van der Waals surface area contributed by atoms with Crippen LogP contribution < -0.4 is 10.6 Å². The molecule has 0 spiro atoms. The van der Waals surface area contributed by atoms with E-state index in [1.165, 1.54) is 10.5 Å². The van der Waals surface area contributed by atoms with Crippen molar-refractivity contribution in [3.63, 3.8) is 0 Å². The van der Waals surface area contributed by atoms with Crippen LogP contribution in [0.15, 0.2) is 30.5 Å². The molecule has 32 heavy (non-hydrogen) atoms. The third-order valence-corrected chi connectivity index (χ3v) is 6.44. The van der Waals surface area contributed by atoms with Crippen molar-refractivity contribution >= 4 is 29.3 Å². The van der Waals surface area contributed by atoms with Gasteiger partial charge >= 0.3 is 0 Å². The average Bonchev–Trinajstić information content (AvgIpc) is 3.36. The lowest BCUT2D eigenvalue weighted by atomic mass is 10.0. The van der Waals surface area contributed by atoms with Gasteiger partial charge in [-0.15, -0.1) is 0 Å². The molecule has 2 N–H and O–H groups in total. The molecule has 2 aliphatic heterocycles. The fourth-order valence-electron chi connectivity index (χ4n) is 4.73. The number of nitrogens with zero attached hydrogens (tertiary/aromatic N) is 2. The molecule has 8 nitrogen and oxygen atoms in total. The molecule has 4 amide bonds. The molecule has 0 saturated carbocycles. The highest BCUT2D eigenvalue weighted by atomic mass is 16.2. The third kappa shape index (κ3) is 3.88. The lowest BCUT2D eigenvalue weighted by Crippen LogP contribution is -2.52. The first kappa shape index (κ1) is 20.4. The molecule has 1 aromatic heterocycles. The maximum atomic E-state index is 12.9. The third-order valence-electron chi connectivity index (χ3n) is 6.44. The van der Waals surface area contributed by atoms with E-state index in [9.17, 15) is 19.2 Å². The van der Waals surface area contributed by atoms with E-state index < -0.39 is 11.9 Å². The number of fused-ring (bicyclic) bond motifs is 2. The predicted molar refractivity (Wildman–Crippen MR) is 116 cm³/mol. The van der Waals surface area contributed by atoms with Gasteiger partial charge in [-0.3, -0.25) is 29.5 Å². The molecule has 0 bridgehead atoms. The molecule has 3 aliphatic rings. The van der Waals surface area contributed by atoms with Gasteiger partial charge in [0.05, 0.1) is 11.9 Å². The minimum absolute atomic E-state index is 0.0956. The van der Waals surface area contributed by atoms with Crippen LogP contribution in [0.5, 0.6) is 0 Å². The van der Waals surface area contributed by atoms with Crippen molar-refractivity contribution < 1.29 is 19.2 Å². The summed E-state index contributed by atoms with van der Waals surface area (Å²) in [6.07, 6.45) is 6.19. The minimum atomic E-state index is -0.622. The van der Waals surface area contributed by atoms with Gasteiger partial charge in [-0.05, 0) is 60.9 Å². The number of benzene rings is 1. The van der Waals surface area contributed by atoms with Gasteiger partial charge in [-0.25, -0.2) is 0 Å². The zero-order chi connectivity index (χ0) is 22.2. The molecule has 0 radical (unpaired) electrons. The molecule has 3 heterocycles. The van der Waals surface area contributed by atoms with Crippen LogP contribution in [0.3, 0.4) is 0 Å². The molecular weight excluding hydrogens is 408 g/mol. The molecule has 1 fully saturated rings. The Balaban J connectivity index is 1.20. The van der Waals surface area contributed by atoms with E-state index in [4.69, 9.17) is 0 Å². The molecule has 2 aromatic rings. The van der Waals surface area contributed by atoms with Crippen LogP contribution in [-0.2, 0) is 40.2 Å². The quantitative estimate of drug-likeness (QED) is 0.702. The van der Waals surface area contributed by atoms with Gasteiger partial charge in [0.25, 0.3) is 5.91 Å². The summed E-state index contributed by atoms with van der Waals surface area (Å²) in [7, 11) is 0. The summed E-state index contributed by atoms with van der Waals surface area (Å²) in [5, 5.41) is 5.22. The number of aromatic nitrogens is 1. The highest BCUT2D eigenvalue weighted by molar-refractivity contribution is 6.05. The van der Waals surface area contributed by atoms with E-state index in [2.05, 4.69) is 15.6 Å². The number of carbonyl (C=O) groups is 4. The lowest BCUT2D eigenvalue weighted by Gasteiger charge is -2.29. The Morgan fingerprint density at radius 3 is 2.84 bits per heavy atom. The number of hydrogen-bond donors (Lipinski definition) is 2. The van der Waals surface area contributed by atoms with E-state index in [-0.39, 0.29) is 24.1 Å². The Kier molecular flexibility index (Phi) is 5.20. The summed E-state index contributed by atoms with van der Waals surface area (Å²) in [6.45, 7) is 0.354. The predicted octanol–water partition coefficient (Wildman–Crippen LogP) is 1.90. The highest BCUT2D eigenvalue weighted by Gasteiger charge is 2.39. The second kappa shape index (κ2) is 8.18. The van der Waals surface area contributed by atoms with Gasteiger partial charge in [0.1, 0.15) is 6.04 Å². The number of carbonyl (C=O) groups excluding carboxylic acids is 4. The van der Waals surface area contributed by atoms with Crippen molar-refractivity contribution in [1.82, 2.24) is 15.2 Å². The number of aryl methyl sites for hydroxylation is 3. The molecular formula is C24H24N4O4. The van der Waals surface area contributed by atoms with Crippen molar-refractivity contribution in [3.05, 3.63) is 58.4 Å². The number of hydrogen-bond acceptors (Lipinski definition) is 5. The van der Waals surface area contributed by atoms with Crippen LogP contribution in [-0.4, -0.2) is 39.6 Å². The Morgan fingerprint density at radius 1 is 1.12 bits per heavy atom. The molecule has 1 unspecified atom stereocenters. The molecule has 1 atom stereocenters. The molecule has 1 aromatic carbocycles. The van der Waals surface area contributed by atoms with Crippen LogP contribution >= 0.6 is 0 Å². The summed E-state index contributed by atoms with van der Waals surface area (Å²) >= 11 is 0. The van der Waals surface area contributed by atoms with Crippen molar-refractivity contribution in [1.29, 1.82) is 0 Å². The molecule has 1 saturated heterocycles. The maximum Gasteiger partial charge on any atom is 0.255 e. The highest BCUT2D eigenvalue weighted by Crippen LogP contribution is 2.28. The number of amides is 4. The number of pyridine rings is 1. The van der Waals surface area contributed by atoms with Crippen molar-refractivity contribution in [2.24, 2.45) is 0 Å². The first-order valence-corrected chi connectivity index (χ1v) is 11.0. The fourth-order valence-corrected chi connectivity index (χ4v) is 4.73. The zero-order valence-electron chi connectivity index (χ0n) is 17.6. The summed E-state index contributed by atoms with van der Waals surface area (Å²) in [4.78, 5) is 54.9. The largest absolute Gasteiger partial charge is 0.325 e. The van der Waals surface area contributed by atoms with Gasteiger partial charge in [0, 0.05) is 30.6 Å². The number of rotatable bonds is 5. The SMILES string of the molecule is O=C1CCC(N2Cc3ccc(CCC(=O)Nc4cnc5c(c4)CCC5)cc3C2=O)C(=O)N1. The van der Waals surface area contributed by atoms with Crippen molar-refractivity contribution in [3.8, 4) is 0 Å². The van der Waals surface area contributed by atoms with Gasteiger partial charge < -0.3 is 10.2 Å². The van der Waals surface area contributed by atoms with Crippen molar-refractivity contribution in [2.45, 2.75) is 57.5 Å². The van der Waals surface area contributed by atoms with E-state index in [1.54, 1.807) is 6.20 Å². The Hall–Kier alpha value is -3.55. The molecule has 164 valence electrons. The smallest absolute Gasteiger partial charge is 0.255 e. The topological polar surface area (TPSA) is 108 Å². The van der Waals surface area contributed by atoms with Gasteiger partial charge in [0.2, 0.25) is 17.7 Å². The van der Waals surface area contributed by atoms with Crippen LogP contribution in [0, 0.1) is 0 Å². The second-order valence-corrected chi connectivity index (χ2v) is 8.62. The van der Waals surface area contributed by atoms with Crippen molar-refractivity contribution in [2.75, 3.05) is 5.32 Å². The Morgan fingerprint density at radius 2 is 2.00 bits per heavy atom. The number of anilines is 1. The monoisotopic (exact) mass is 432 g/mol. The zero-order valence-corrected chi connectivity index (χ0v) is 17.6. The van der Waals surface area contributed by atoms with Gasteiger partial charge in [-0.2, -0.15) is 0 Å². The normalized spacial score (nSPS) is 19.6. The minimum Gasteiger partial charge on any atom is -0.325 e. The summed E-state index contributed by atoms with van der Waals surface area (Å²) < 4.78 is 0. The van der Waals surface area contributed by atoms with Crippen LogP contribution in [0.25, 0.3) is 0 Å². The maximum absolute atomic E-state index is 12.9. The van der Waals surface area contributed by atoms with E-state index in [1.807, 2.05) is 24.3 Å².